The fourth-order valence-electron chi connectivity index (χ4n) is 1.87. The second-order valence-corrected chi connectivity index (χ2v) is 3.66. The van der Waals surface area contributed by atoms with E-state index < -0.39 is 11.6 Å². The predicted molar refractivity (Wildman–Crippen MR) is 59.7 cm³/mol. The molecule has 0 unspecified atom stereocenters. The number of hydrogen-bond acceptors (Lipinski definition) is 1. The molecule has 88 valence electrons. The Kier molecular flexibility index (Phi) is 5.55. The number of carboxylic acids is 1. The molecular formula is C12H21FO2. The van der Waals surface area contributed by atoms with Gasteiger partial charge < -0.3 is 5.11 Å². The molecule has 0 fully saturated rings. The highest BCUT2D eigenvalue weighted by Gasteiger charge is 2.36. The van der Waals surface area contributed by atoms with Gasteiger partial charge in [-0.1, -0.05) is 33.3 Å². The number of allylic oxidation sites excluding steroid dienone is 1. The van der Waals surface area contributed by atoms with E-state index in [0.29, 0.717) is 18.4 Å². The van der Waals surface area contributed by atoms with E-state index in [-0.39, 0.29) is 18.4 Å². The van der Waals surface area contributed by atoms with Crippen LogP contribution in [0.15, 0.2) is 11.1 Å². The largest absolute Gasteiger partial charge is 0.478 e. The Hall–Kier alpha value is -0.860. The Morgan fingerprint density at radius 2 is 1.53 bits per heavy atom. The lowest BCUT2D eigenvalue weighted by molar-refractivity contribution is -0.134. The SMILES string of the molecule is CCC(CC)=C(C(=O)O)C(F)(CC)CC. The lowest BCUT2D eigenvalue weighted by Crippen LogP contribution is -2.30. The van der Waals surface area contributed by atoms with Gasteiger partial charge in [0.05, 0.1) is 5.57 Å². The summed E-state index contributed by atoms with van der Waals surface area (Å²) in [6.45, 7) is 7.12. The number of halogens is 1. The number of aliphatic carboxylic acids is 1. The van der Waals surface area contributed by atoms with Gasteiger partial charge in [0.2, 0.25) is 0 Å². The Balaban J connectivity index is 5.48. The van der Waals surface area contributed by atoms with Crippen molar-refractivity contribution in [1.82, 2.24) is 0 Å². The summed E-state index contributed by atoms with van der Waals surface area (Å²) in [7, 11) is 0. The van der Waals surface area contributed by atoms with Gasteiger partial charge in [-0.2, -0.15) is 0 Å². The van der Waals surface area contributed by atoms with E-state index in [1.165, 1.54) is 0 Å². The minimum atomic E-state index is -1.67. The zero-order chi connectivity index (χ0) is 12.1. The van der Waals surface area contributed by atoms with Crippen molar-refractivity contribution in [3.05, 3.63) is 11.1 Å². The highest BCUT2D eigenvalue weighted by Crippen LogP contribution is 2.33. The normalized spacial score (nSPS) is 11.3. The summed E-state index contributed by atoms with van der Waals surface area (Å²) in [5.74, 6) is -1.11. The van der Waals surface area contributed by atoms with Crippen molar-refractivity contribution in [2.24, 2.45) is 0 Å². The molecule has 0 aromatic heterocycles. The van der Waals surface area contributed by atoms with Gasteiger partial charge in [0.1, 0.15) is 5.67 Å². The summed E-state index contributed by atoms with van der Waals surface area (Å²) in [4.78, 5) is 11.1. The summed E-state index contributed by atoms with van der Waals surface area (Å²) in [5, 5.41) is 9.11. The number of carboxylic acid groups (broad SMARTS) is 1. The number of rotatable bonds is 6. The monoisotopic (exact) mass is 216 g/mol. The predicted octanol–water partition coefficient (Wildman–Crippen LogP) is 3.72. The molecule has 0 rings (SSSR count). The van der Waals surface area contributed by atoms with Gasteiger partial charge in [-0.05, 0) is 25.7 Å². The third kappa shape index (κ3) is 3.05. The number of alkyl halides is 1. The molecule has 2 nitrogen and oxygen atoms in total. The van der Waals surface area contributed by atoms with Crippen LogP contribution in [0.25, 0.3) is 0 Å². The van der Waals surface area contributed by atoms with Crippen molar-refractivity contribution in [1.29, 1.82) is 0 Å². The van der Waals surface area contributed by atoms with E-state index >= 15 is 0 Å². The van der Waals surface area contributed by atoms with E-state index in [2.05, 4.69) is 0 Å². The zero-order valence-corrected chi connectivity index (χ0v) is 10.1. The van der Waals surface area contributed by atoms with Gasteiger partial charge >= 0.3 is 5.97 Å². The molecule has 15 heavy (non-hydrogen) atoms. The van der Waals surface area contributed by atoms with Gasteiger partial charge in [0.25, 0.3) is 0 Å². The second kappa shape index (κ2) is 5.89. The molecule has 3 heteroatoms. The van der Waals surface area contributed by atoms with E-state index in [9.17, 15) is 9.18 Å². The molecule has 0 saturated heterocycles. The van der Waals surface area contributed by atoms with E-state index in [1.807, 2.05) is 13.8 Å². The smallest absolute Gasteiger partial charge is 0.334 e. The molecule has 0 radical (unpaired) electrons. The molecule has 0 amide bonds. The first-order valence-electron chi connectivity index (χ1n) is 5.61. The first kappa shape index (κ1) is 14.1. The van der Waals surface area contributed by atoms with Crippen LogP contribution in [0.5, 0.6) is 0 Å². The summed E-state index contributed by atoms with van der Waals surface area (Å²) in [6.07, 6.45) is 1.64. The minimum Gasteiger partial charge on any atom is -0.478 e. The molecule has 0 aromatic carbocycles. The van der Waals surface area contributed by atoms with Crippen LogP contribution in [-0.4, -0.2) is 16.7 Å². The Morgan fingerprint density at radius 3 is 1.73 bits per heavy atom. The van der Waals surface area contributed by atoms with Crippen molar-refractivity contribution in [3.8, 4) is 0 Å². The van der Waals surface area contributed by atoms with Crippen LogP contribution in [0, 0.1) is 0 Å². The first-order chi connectivity index (χ1) is 6.96. The summed E-state index contributed by atoms with van der Waals surface area (Å²) < 4.78 is 14.4. The average Bonchev–Trinajstić information content (AvgIpc) is 2.24. The standard InChI is InChI=1S/C12H21FO2/c1-5-9(6-2)10(11(14)15)12(13,7-3)8-4/h5-8H2,1-4H3,(H,14,15). The average molecular weight is 216 g/mol. The van der Waals surface area contributed by atoms with E-state index in [1.54, 1.807) is 13.8 Å². The second-order valence-electron chi connectivity index (χ2n) is 3.66. The molecule has 0 saturated carbocycles. The summed E-state index contributed by atoms with van der Waals surface area (Å²) in [5.41, 5.74) is -0.973. The molecular weight excluding hydrogens is 195 g/mol. The van der Waals surface area contributed by atoms with Gasteiger partial charge in [-0.15, -0.1) is 0 Å². The van der Waals surface area contributed by atoms with Crippen LogP contribution in [-0.2, 0) is 4.79 Å². The maximum Gasteiger partial charge on any atom is 0.334 e. The van der Waals surface area contributed by atoms with Crippen molar-refractivity contribution in [2.75, 3.05) is 0 Å². The third-order valence-corrected chi connectivity index (χ3v) is 2.99. The lowest BCUT2D eigenvalue weighted by Gasteiger charge is -2.25. The molecule has 0 atom stereocenters. The fraction of sp³-hybridized carbons (Fsp3) is 0.750. The molecule has 0 aromatic rings. The number of carbonyl (C=O) groups is 1. The van der Waals surface area contributed by atoms with E-state index in [4.69, 9.17) is 5.11 Å². The molecule has 0 heterocycles. The molecule has 0 aliphatic rings. The molecule has 1 N–H and O–H groups in total. The van der Waals surface area contributed by atoms with Crippen LogP contribution < -0.4 is 0 Å². The zero-order valence-electron chi connectivity index (χ0n) is 10.1. The minimum absolute atomic E-state index is 0.0162. The van der Waals surface area contributed by atoms with Crippen LogP contribution in [0.4, 0.5) is 4.39 Å². The highest BCUT2D eigenvalue weighted by atomic mass is 19.1. The maximum absolute atomic E-state index is 14.4. The van der Waals surface area contributed by atoms with Gasteiger partial charge in [-0.25, -0.2) is 9.18 Å². The van der Waals surface area contributed by atoms with Gasteiger partial charge in [0, 0.05) is 0 Å². The molecule has 0 aliphatic heterocycles. The van der Waals surface area contributed by atoms with Gasteiger partial charge in [-0.3, -0.25) is 0 Å². The van der Waals surface area contributed by atoms with Crippen LogP contribution in [0.1, 0.15) is 53.4 Å². The fourth-order valence-corrected chi connectivity index (χ4v) is 1.87. The Bertz CT molecular complexity index is 246. The van der Waals surface area contributed by atoms with E-state index in [0.717, 1.165) is 0 Å². The Morgan fingerprint density at radius 1 is 1.13 bits per heavy atom. The van der Waals surface area contributed by atoms with Crippen LogP contribution >= 0.6 is 0 Å². The van der Waals surface area contributed by atoms with Crippen LogP contribution in [0.3, 0.4) is 0 Å². The maximum atomic E-state index is 14.4. The van der Waals surface area contributed by atoms with Crippen molar-refractivity contribution in [2.45, 2.75) is 59.0 Å². The van der Waals surface area contributed by atoms with Crippen LogP contribution in [0.2, 0.25) is 0 Å². The topological polar surface area (TPSA) is 37.3 Å². The molecule has 0 spiro atoms. The first-order valence-corrected chi connectivity index (χ1v) is 5.61. The molecule has 0 bridgehead atoms. The van der Waals surface area contributed by atoms with Crippen molar-refractivity contribution >= 4 is 5.97 Å². The number of hydrogen-bond donors (Lipinski definition) is 1. The van der Waals surface area contributed by atoms with Gasteiger partial charge in [0.15, 0.2) is 0 Å². The molecule has 0 aliphatic carbocycles. The quantitative estimate of drug-likeness (QED) is 0.687. The Labute approximate surface area is 91.2 Å². The van der Waals surface area contributed by atoms with Crippen molar-refractivity contribution in [3.63, 3.8) is 0 Å². The lowest BCUT2D eigenvalue weighted by atomic mass is 9.85. The summed E-state index contributed by atoms with van der Waals surface area (Å²) in [6, 6.07) is 0. The van der Waals surface area contributed by atoms with Crippen molar-refractivity contribution < 1.29 is 14.3 Å². The highest BCUT2D eigenvalue weighted by molar-refractivity contribution is 5.90. The third-order valence-electron chi connectivity index (χ3n) is 2.99. The summed E-state index contributed by atoms with van der Waals surface area (Å²) >= 11 is 0.